The number of para-hydroxylation sites is 1. The van der Waals surface area contributed by atoms with Gasteiger partial charge in [0.2, 0.25) is 0 Å². The Bertz CT molecular complexity index is 921. The predicted molar refractivity (Wildman–Crippen MR) is 91.9 cm³/mol. The molecule has 8 nitrogen and oxygen atoms in total. The van der Waals surface area contributed by atoms with E-state index in [0.717, 1.165) is 11.1 Å². The van der Waals surface area contributed by atoms with Crippen LogP contribution in [0.25, 0.3) is 0 Å². The summed E-state index contributed by atoms with van der Waals surface area (Å²) in [5.74, 6) is 0.0849. The van der Waals surface area contributed by atoms with E-state index >= 15 is 0 Å². The van der Waals surface area contributed by atoms with Gasteiger partial charge in [-0.15, -0.1) is 10.2 Å². The van der Waals surface area contributed by atoms with Crippen LogP contribution < -0.4 is 10.6 Å². The van der Waals surface area contributed by atoms with Gasteiger partial charge < -0.3 is 10.6 Å². The molecule has 0 unspecified atom stereocenters. The van der Waals surface area contributed by atoms with Crippen molar-refractivity contribution in [2.45, 2.75) is 12.7 Å². The number of tetrazole rings is 1. The van der Waals surface area contributed by atoms with Crippen LogP contribution in [0.3, 0.4) is 0 Å². The fourth-order valence-corrected chi connectivity index (χ4v) is 2.83. The van der Waals surface area contributed by atoms with Crippen molar-refractivity contribution in [1.82, 2.24) is 20.6 Å². The smallest absolute Gasteiger partial charge is 0.266 e. The number of hydrogen-bond donors (Lipinski definition) is 2. The molecule has 25 heavy (non-hydrogen) atoms. The molecule has 124 valence electrons. The molecule has 1 amide bonds. The summed E-state index contributed by atoms with van der Waals surface area (Å²) in [6.45, 7) is 0.164. The molecule has 1 aliphatic rings. The second-order valence-electron chi connectivity index (χ2n) is 5.56. The van der Waals surface area contributed by atoms with E-state index in [-0.39, 0.29) is 12.5 Å². The maximum atomic E-state index is 12.8. The standard InChI is InChI=1S/C17H15N7O/c18-16-17(25)24(10-14-20-22-23-21-14)13-9-5-4-8-12(13)15(19-16)11-6-2-1-3-7-11/h1-9,16H,10,18H2,(H,20,21,22,23)/t16-/m0/s1. The van der Waals surface area contributed by atoms with Crippen LogP contribution in [0.2, 0.25) is 0 Å². The van der Waals surface area contributed by atoms with E-state index in [1.807, 2.05) is 54.6 Å². The first-order valence-corrected chi connectivity index (χ1v) is 7.76. The molecular formula is C17H15N7O. The molecule has 1 aromatic heterocycles. The van der Waals surface area contributed by atoms with Gasteiger partial charge in [-0.2, -0.15) is 5.21 Å². The maximum Gasteiger partial charge on any atom is 0.266 e. The van der Waals surface area contributed by atoms with Gasteiger partial charge in [0.05, 0.1) is 17.9 Å². The predicted octanol–water partition coefficient (Wildman–Crippen LogP) is 0.869. The van der Waals surface area contributed by atoms with Gasteiger partial charge in [-0.05, 0) is 6.07 Å². The molecule has 0 radical (unpaired) electrons. The Morgan fingerprint density at radius 1 is 1.08 bits per heavy atom. The number of rotatable bonds is 3. The van der Waals surface area contributed by atoms with E-state index in [1.165, 1.54) is 0 Å². The molecule has 0 spiro atoms. The molecule has 0 aliphatic carbocycles. The molecule has 8 heteroatoms. The Morgan fingerprint density at radius 2 is 1.84 bits per heavy atom. The number of hydrogen-bond acceptors (Lipinski definition) is 6. The summed E-state index contributed by atoms with van der Waals surface area (Å²) in [6.07, 6.45) is -1.01. The molecule has 4 rings (SSSR count). The molecule has 0 saturated heterocycles. The monoisotopic (exact) mass is 333 g/mol. The summed E-state index contributed by atoms with van der Waals surface area (Å²) in [6, 6.07) is 17.2. The molecule has 0 bridgehead atoms. The summed E-state index contributed by atoms with van der Waals surface area (Å²) in [5.41, 5.74) is 9.20. The van der Waals surface area contributed by atoms with Crippen LogP contribution in [-0.2, 0) is 11.3 Å². The second-order valence-corrected chi connectivity index (χ2v) is 5.56. The first-order chi connectivity index (χ1) is 12.2. The zero-order valence-corrected chi connectivity index (χ0v) is 13.2. The summed E-state index contributed by atoms with van der Waals surface area (Å²) in [4.78, 5) is 18.9. The van der Waals surface area contributed by atoms with E-state index in [4.69, 9.17) is 5.73 Å². The number of carbonyl (C=O) groups is 1. The second kappa shape index (κ2) is 6.25. The summed E-state index contributed by atoms with van der Waals surface area (Å²) in [7, 11) is 0. The van der Waals surface area contributed by atoms with Crippen LogP contribution in [0.1, 0.15) is 17.0 Å². The minimum Gasteiger partial charge on any atom is -0.302 e. The van der Waals surface area contributed by atoms with Gasteiger partial charge in [0.1, 0.15) is 0 Å². The number of H-pyrrole nitrogens is 1. The number of fused-ring (bicyclic) bond motifs is 1. The lowest BCUT2D eigenvalue weighted by atomic mass is 10.0. The minimum absolute atomic E-state index is 0.164. The lowest BCUT2D eigenvalue weighted by molar-refractivity contribution is -0.119. The van der Waals surface area contributed by atoms with Crippen LogP contribution in [0.5, 0.6) is 0 Å². The first-order valence-electron chi connectivity index (χ1n) is 7.76. The van der Waals surface area contributed by atoms with Gasteiger partial charge in [0.25, 0.3) is 5.91 Å². The number of nitrogens with one attached hydrogen (secondary N) is 1. The molecule has 1 aliphatic heterocycles. The Kier molecular flexibility index (Phi) is 3.79. The van der Waals surface area contributed by atoms with Crippen molar-refractivity contribution in [2.75, 3.05) is 4.90 Å². The maximum absolute atomic E-state index is 12.8. The lowest BCUT2D eigenvalue weighted by Crippen LogP contribution is -2.42. The van der Waals surface area contributed by atoms with Gasteiger partial charge in [-0.25, -0.2) is 0 Å². The van der Waals surface area contributed by atoms with Crippen molar-refractivity contribution in [1.29, 1.82) is 0 Å². The number of anilines is 1. The van der Waals surface area contributed by atoms with Crippen LogP contribution in [0.15, 0.2) is 59.6 Å². The quantitative estimate of drug-likeness (QED) is 0.738. The Balaban J connectivity index is 1.85. The number of benzodiazepines with no additional fused rings is 1. The number of aromatic amines is 1. The normalized spacial score (nSPS) is 17.0. The Hall–Kier alpha value is -3.39. The molecule has 2 aromatic carbocycles. The topological polar surface area (TPSA) is 113 Å². The number of nitrogens with zero attached hydrogens (tertiary/aromatic N) is 5. The highest BCUT2D eigenvalue weighted by Crippen LogP contribution is 2.28. The van der Waals surface area contributed by atoms with Gasteiger partial charge in [0.15, 0.2) is 12.0 Å². The zero-order chi connectivity index (χ0) is 17.2. The van der Waals surface area contributed by atoms with Crippen molar-refractivity contribution in [2.24, 2.45) is 10.7 Å². The highest BCUT2D eigenvalue weighted by Gasteiger charge is 2.30. The summed E-state index contributed by atoms with van der Waals surface area (Å²) >= 11 is 0. The lowest BCUT2D eigenvalue weighted by Gasteiger charge is -2.22. The van der Waals surface area contributed by atoms with E-state index in [1.54, 1.807) is 4.90 Å². The van der Waals surface area contributed by atoms with Crippen LogP contribution >= 0.6 is 0 Å². The van der Waals surface area contributed by atoms with Crippen molar-refractivity contribution >= 4 is 17.3 Å². The fourth-order valence-electron chi connectivity index (χ4n) is 2.83. The highest BCUT2D eigenvalue weighted by atomic mass is 16.2. The van der Waals surface area contributed by atoms with Gasteiger partial charge in [0, 0.05) is 11.1 Å². The van der Waals surface area contributed by atoms with Gasteiger partial charge in [-0.1, -0.05) is 53.7 Å². The first kappa shape index (κ1) is 15.2. The molecule has 3 aromatic rings. The Labute approximate surface area is 143 Å². The molecule has 3 N–H and O–H groups in total. The molecular weight excluding hydrogens is 318 g/mol. The van der Waals surface area contributed by atoms with Crippen molar-refractivity contribution in [3.05, 3.63) is 71.5 Å². The number of aliphatic imine (C=N–C) groups is 1. The number of carbonyl (C=O) groups excluding carboxylic acids is 1. The van der Waals surface area contributed by atoms with Crippen molar-refractivity contribution in [3.8, 4) is 0 Å². The van der Waals surface area contributed by atoms with Crippen molar-refractivity contribution < 1.29 is 4.79 Å². The number of aromatic nitrogens is 4. The largest absolute Gasteiger partial charge is 0.302 e. The SMILES string of the molecule is N[C@H]1N=C(c2ccccc2)c2ccccc2N(Cc2nn[nH]n2)C1=O. The molecule has 0 fully saturated rings. The average Bonchev–Trinajstić information content (AvgIpc) is 3.14. The van der Waals surface area contributed by atoms with Crippen LogP contribution in [0, 0.1) is 0 Å². The summed E-state index contributed by atoms with van der Waals surface area (Å²) < 4.78 is 0. The third-order valence-electron chi connectivity index (χ3n) is 3.97. The van der Waals surface area contributed by atoms with E-state index < -0.39 is 6.17 Å². The van der Waals surface area contributed by atoms with E-state index in [2.05, 4.69) is 25.6 Å². The third-order valence-corrected chi connectivity index (χ3v) is 3.97. The fraction of sp³-hybridized carbons (Fsp3) is 0.118. The van der Waals surface area contributed by atoms with Crippen molar-refractivity contribution in [3.63, 3.8) is 0 Å². The zero-order valence-electron chi connectivity index (χ0n) is 13.2. The summed E-state index contributed by atoms with van der Waals surface area (Å²) in [5, 5.41) is 13.8. The minimum atomic E-state index is -1.01. The van der Waals surface area contributed by atoms with Crippen LogP contribution in [-0.4, -0.2) is 38.4 Å². The van der Waals surface area contributed by atoms with Gasteiger partial charge in [-0.3, -0.25) is 9.79 Å². The molecule has 0 saturated carbocycles. The van der Waals surface area contributed by atoms with E-state index in [9.17, 15) is 4.79 Å². The van der Waals surface area contributed by atoms with Gasteiger partial charge >= 0.3 is 0 Å². The number of nitrogens with two attached hydrogens (primary N) is 1. The molecule has 1 atom stereocenters. The van der Waals surface area contributed by atoms with E-state index in [0.29, 0.717) is 17.2 Å². The molecule has 2 heterocycles. The van der Waals surface area contributed by atoms with Crippen LogP contribution in [0.4, 0.5) is 5.69 Å². The number of benzene rings is 2. The number of amides is 1. The average molecular weight is 333 g/mol. The third kappa shape index (κ3) is 2.79. The highest BCUT2D eigenvalue weighted by molar-refractivity contribution is 6.19. The Morgan fingerprint density at radius 3 is 2.60 bits per heavy atom.